The van der Waals surface area contributed by atoms with Gasteiger partial charge in [0.1, 0.15) is 11.5 Å². The third-order valence-corrected chi connectivity index (χ3v) is 3.97. The summed E-state index contributed by atoms with van der Waals surface area (Å²) >= 11 is 0. The van der Waals surface area contributed by atoms with E-state index in [9.17, 15) is 0 Å². The maximum Gasteiger partial charge on any atom is 0.189 e. The highest BCUT2D eigenvalue weighted by Crippen LogP contribution is 2.43. The number of ether oxygens (including phenoxy) is 3. The van der Waals surface area contributed by atoms with E-state index in [1.807, 2.05) is 12.1 Å². The predicted octanol–water partition coefficient (Wildman–Crippen LogP) is 2.29. The highest BCUT2D eigenvalue weighted by molar-refractivity contribution is 5.50. The lowest BCUT2D eigenvalue weighted by molar-refractivity contribution is -0.0166. The summed E-state index contributed by atoms with van der Waals surface area (Å²) in [6.45, 7) is 0.889. The van der Waals surface area contributed by atoms with Crippen molar-refractivity contribution in [1.82, 2.24) is 0 Å². The minimum atomic E-state index is -0.262. The number of nitrogens with two attached hydrogens (primary N) is 1. The van der Waals surface area contributed by atoms with Crippen LogP contribution in [0.25, 0.3) is 0 Å². The van der Waals surface area contributed by atoms with Crippen LogP contribution in [0.2, 0.25) is 0 Å². The highest BCUT2D eigenvalue weighted by Gasteiger charge is 2.35. The molecule has 4 nitrogen and oxygen atoms in total. The van der Waals surface area contributed by atoms with Crippen molar-refractivity contribution in [2.45, 2.75) is 37.8 Å². The molecule has 1 aliphatic heterocycles. The molecule has 2 aliphatic rings. The van der Waals surface area contributed by atoms with Gasteiger partial charge in [-0.15, -0.1) is 0 Å². The van der Waals surface area contributed by atoms with E-state index in [0.29, 0.717) is 13.4 Å². The molecule has 18 heavy (non-hydrogen) atoms. The van der Waals surface area contributed by atoms with Crippen LogP contribution in [0.3, 0.4) is 0 Å². The van der Waals surface area contributed by atoms with Crippen molar-refractivity contribution >= 4 is 0 Å². The number of methoxy groups -OCH3 is 1. The molecule has 0 amide bonds. The Morgan fingerprint density at radius 2 is 2.06 bits per heavy atom. The van der Waals surface area contributed by atoms with Crippen LogP contribution < -0.4 is 15.2 Å². The van der Waals surface area contributed by atoms with Gasteiger partial charge in [0, 0.05) is 16.7 Å². The molecular weight excluding hydrogens is 230 g/mol. The Bertz CT molecular complexity index is 453. The Kier molecular flexibility index (Phi) is 2.92. The predicted molar refractivity (Wildman–Crippen MR) is 67.6 cm³/mol. The molecule has 0 spiro atoms. The molecule has 1 fully saturated rings. The first-order chi connectivity index (χ1) is 8.73. The van der Waals surface area contributed by atoms with Crippen molar-refractivity contribution in [3.05, 3.63) is 23.3 Å². The van der Waals surface area contributed by atoms with E-state index < -0.39 is 0 Å². The maximum absolute atomic E-state index is 6.52. The van der Waals surface area contributed by atoms with Gasteiger partial charge < -0.3 is 19.9 Å². The van der Waals surface area contributed by atoms with Crippen molar-refractivity contribution in [3.63, 3.8) is 0 Å². The van der Waals surface area contributed by atoms with Gasteiger partial charge in [-0.25, -0.2) is 0 Å². The smallest absolute Gasteiger partial charge is 0.189 e. The van der Waals surface area contributed by atoms with Gasteiger partial charge in [0.05, 0.1) is 13.7 Å². The summed E-state index contributed by atoms with van der Waals surface area (Å²) in [6.07, 6.45) is 4.39. The van der Waals surface area contributed by atoms with Crippen molar-refractivity contribution in [3.8, 4) is 11.5 Å². The summed E-state index contributed by atoms with van der Waals surface area (Å²) < 4.78 is 16.3. The molecule has 0 bridgehead atoms. The fraction of sp³-hybridized carbons (Fsp3) is 0.571. The molecule has 98 valence electrons. The monoisotopic (exact) mass is 249 g/mol. The fourth-order valence-corrected chi connectivity index (χ4v) is 2.94. The normalized spacial score (nSPS) is 21.2. The van der Waals surface area contributed by atoms with Gasteiger partial charge in [-0.3, -0.25) is 0 Å². The van der Waals surface area contributed by atoms with Crippen molar-refractivity contribution in [1.29, 1.82) is 0 Å². The van der Waals surface area contributed by atoms with E-state index in [2.05, 4.69) is 0 Å². The molecule has 2 N–H and O–H groups in total. The summed E-state index contributed by atoms with van der Waals surface area (Å²) in [4.78, 5) is 0. The van der Waals surface area contributed by atoms with Crippen LogP contribution in [0.1, 0.15) is 36.8 Å². The molecule has 0 unspecified atom stereocenters. The molecule has 3 rings (SSSR count). The van der Waals surface area contributed by atoms with Crippen LogP contribution in [0.4, 0.5) is 0 Å². The second kappa shape index (κ2) is 4.44. The van der Waals surface area contributed by atoms with Crippen LogP contribution in [0.15, 0.2) is 12.1 Å². The second-order valence-electron chi connectivity index (χ2n) is 5.13. The Morgan fingerprint density at radius 3 is 2.78 bits per heavy atom. The van der Waals surface area contributed by atoms with Gasteiger partial charge >= 0.3 is 0 Å². The first-order valence-electron chi connectivity index (χ1n) is 6.44. The first kappa shape index (κ1) is 11.8. The average Bonchev–Trinajstić information content (AvgIpc) is 2.85. The Morgan fingerprint density at radius 1 is 1.28 bits per heavy atom. The standard InChI is InChI=1S/C14H19NO3/c1-16-13-6-10-8-17-9-18-12(10)7-11(13)14(15)4-2-3-5-14/h6-7H,2-5,8-9,15H2,1H3. The molecular formula is C14H19NO3. The molecule has 1 heterocycles. The molecule has 4 heteroatoms. The Balaban J connectivity index is 2.07. The molecule has 0 radical (unpaired) electrons. The first-order valence-corrected chi connectivity index (χ1v) is 6.44. The van der Waals surface area contributed by atoms with Crippen LogP contribution in [0, 0.1) is 0 Å². The topological polar surface area (TPSA) is 53.7 Å². The van der Waals surface area contributed by atoms with E-state index >= 15 is 0 Å². The summed E-state index contributed by atoms with van der Waals surface area (Å²) in [7, 11) is 1.69. The lowest BCUT2D eigenvalue weighted by atomic mass is 9.87. The van der Waals surface area contributed by atoms with Crippen LogP contribution in [0.5, 0.6) is 11.5 Å². The number of hydrogen-bond acceptors (Lipinski definition) is 4. The SMILES string of the molecule is COc1cc2c(cc1C1(N)CCCC1)OCOC2. The van der Waals surface area contributed by atoms with Crippen LogP contribution >= 0.6 is 0 Å². The van der Waals surface area contributed by atoms with Crippen molar-refractivity contribution in [2.24, 2.45) is 5.73 Å². The zero-order valence-corrected chi connectivity index (χ0v) is 10.7. The quantitative estimate of drug-likeness (QED) is 0.873. The van der Waals surface area contributed by atoms with Crippen LogP contribution in [-0.4, -0.2) is 13.9 Å². The summed E-state index contributed by atoms with van der Waals surface area (Å²) in [5.74, 6) is 1.74. The molecule has 1 aliphatic carbocycles. The van der Waals surface area contributed by atoms with E-state index in [1.54, 1.807) is 7.11 Å². The van der Waals surface area contributed by atoms with Crippen LogP contribution in [-0.2, 0) is 16.9 Å². The summed E-state index contributed by atoms with van der Waals surface area (Å²) in [5.41, 5.74) is 8.36. The summed E-state index contributed by atoms with van der Waals surface area (Å²) in [5, 5.41) is 0. The van der Waals surface area contributed by atoms with E-state index in [-0.39, 0.29) is 5.54 Å². The molecule has 0 aromatic heterocycles. The van der Waals surface area contributed by atoms with Crippen molar-refractivity contribution in [2.75, 3.05) is 13.9 Å². The molecule has 0 saturated heterocycles. The molecule has 1 aromatic carbocycles. The van der Waals surface area contributed by atoms with E-state index in [1.165, 1.54) is 12.8 Å². The third kappa shape index (κ3) is 1.85. The van der Waals surface area contributed by atoms with Gasteiger partial charge in [-0.1, -0.05) is 12.8 Å². The van der Waals surface area contributed by atoms with Gasteiger partial charge in [0.15, 0.2) is 6.79 Å². The second-order valence-corrected chi connectivity index (χ2v) is 5.13. The Labute approximate surface area is 107 Å². The number of rotatable bonds is 2. The van der Waals surface area contributed by atoms with Gasteiger partial charge in [-0.05, 0) is 25.0 Å². The maximum atomic E-state index is 6.52. The lowest BCUT2D eigenvalue weighted by Crippen LogP contribution is -2.33. The molecule has 1 saturated carbocycles. The number of hydrogen-bond donors (Lipinski definition) is 1. The number of fused-ring (bicyclic) bond motifs is 1. The van der Waals surface area contributed by atoms with E-state index in [4.69, 9.17) is 19.9 Å². The van der Waals surface area contributed by atoms with Gasteiger partial charge in [0.25, 0.3) is 0 Å². The molecule has 0 atom stereocenters. The largest absolute Gasteiger partial charge is 0.496 e. The van der Waals surface area contributed by atoms with E-state index in [0.717, 1.165) is 35.5 Å². The minimum Gasteiger partial charge on any atom is -0.496 e. The average molecular weight is 249 g/mol. The highest BCUT2D eigenvalue weighted by atomic mass is 16.7. The minimum absolute atomic E-state index is 0.262. The fourth-order valence-electron chi connectivity index (χ4n) is 2.94. The zero-order valence-electron chi connectivity index (χ0n) is 10.7. The lowest BCUT2D eigenvalue weighted by Gasteiger charge is -2.28. The van der Waals surface area contributed by atoms with Crippen molar-refractivity contribution < 1.29 is 14.2 Å². The molecule has 1 aromatic rings. The van der Waals surface area contributed by atoms with Gasteiger partial charge in [0.2, 0.25) is 0 Å². The summed E-state index contributed by atoms with van der Waals surface area (Å²) in [6, 6.07) is 4.04. The number of benzene rings is 1. The zero-order chi connectivity index (χ0) is 12.6. The Hall–Kier alpha value is -1.26. The third-order valence-electron chi connectivity index (χ3n) is 3.97. The van der Waals surface area contributed by atoms with Gasteiger partial charge in [-0.2, -0.15) is 0 Å².